The Bertz CT molecular complexity index is 887. The number of nitro benzene ring substituents is 1. The van der Waals surface area contributed by atoms with Crippen LogP contribution < -0.4 is 5.32 Å². The highest BCUT2D eigenvalue weighted by Gasteiger charge is 2.15. The Morgan fingerprint density at radius 2 is 1.81 bits per heavy atom. The van der Waals surface area contributed by atoms with Gasteiger partial charge in [0.15, 0.2) is 0 Å². The lowest BCUT2D eigenvalue weighted by Gasteiger charge is -2.17. The minimum Gasteiger partial charge on any atom is -0.321 e. The highest BCUT2D eigenvalue weighted by atomic mass is 79.9. The SMILES string of the molecule is CC(=Cc1c(C)cc(C)c(NC(=O)c2ccc([N+](=O)[O-])cc2)c1C)CBr. The summed E-state index contributed by atoms with van der Waals surface area (Å²) in [6.45, 7) is 8.03. The van der Waals surface area contributed by atoms with E-state index in [2.05, 4.69) is 34.2 Å². The summed E-state index contributed by atoms with van der Waals surface area (Å²) in [6, 6.07) is 7.63. The smallest absolute Gasteiger partial charge is 0.269 e. The van der Waals surface area contributed by atoms with E-state index < -0.39 is 4.92 Å². The number of allylic oxidation sites excluding steroid dienone is 1. The molecule has 6 heteroatoms. The number of rotatable bonds is 5. The molecule has 0 saturated carbocycles. The number of halogens is 1. The van der Waals surface area contributed by atoms with Crippen molar-refractivity contribution in [2.75, 3.05) is 10.6 Å². The second-order valence-corrected chi connectivity index (χ2v) is 6.87. The molecular formula is C20H21BrN2O3. The number of nitrogens with one attached hydrogen (secondary N) is 1. The van der Waals surface area contributed by atoms with Crippen molar-refractivity contribution >= 4 is 39.3 Å². The molecule has 0 spiro atoms. The van der Waals surface area contributed by atoms with Gasteiger partial charge in [-0.2, -0.15) is 0 Å². The van der Waals surface area contributed by atoms with Crippen LogP contribution in [0.25, 0.3) is 6.08 Å². The van der Waals surface area contributed by atoms with Crippen molar-refractivity contribution in [1.82, 2.24) is 0 Å². The van der Waals surface area contributed by atoms with Crippen LogP contribution in [0.5, 0.6) is 0 Å². The van der Waals surface area contributed by atoms with E-state index in [9.17, 15) is 14.9 Å². The van der Waals surface area contributed by atoms with Gasteiger partial charge in [0.25, 0.3) is 11.6 Å². The largest absolute Gasteiger partial charge is 0.321 e. The van der Waals surface area contributed by atoms with Crippen molar-refractivity contribution in [3.63, 3.8) is 0 Å². The number of amides is 1. The number of carbonyl (C=O) groups is 1. The number of alkyl halides is 1. The second-order valence-electron chi connectivity index (χ2n) is 6.31. The third kappa shape index (κ3) is 4.38. The molecule has 0 unspecified atom stereocenters. The van der Waals surface area contributed by atoms with Crippen LogP contribution in [0.4, 0.5) is 11.4 Å². The van der Waals surface area contributed by atoms with Crippen LogP contribution in [0.3, 0.4) is 0 Å². The predicted octanol–water partition coefficient (Wildman–Crippen LogP) is 5.57. The van der Waals surface area contributed by atoms with E-state index in [1.165, 1.54) is 29.8 Å². The maximum atomic E-state index is 12.6. The zero-order valence-electron chi connectivity index (χ0n) is 15.2. The summed E-state index contributed by atoms with van der Waals surface area (Å²) in [7, 11) is 0. The minimum absolute atomic E-state index is 0.0399. The molecule has 5 nitrogen and oxygen atoms in total. The fraction of sp³-hybridized carbons (Fsp3) is 0.250. The summed E-state index contributed by atoms with van der Waals surface area (Å²) in [5, 5.41) is 14.5. The minimum atomic E-state index is -0.485. The molecule has 0 aliphatic carbocycles. The van der Waals surface area contributed by atoms with Gasteiger partial charge in [-0.3, -0.25) is 14.9 Å². The first-order valence-corrected chi connectivity index (χ1v) is 9.26. The quantitative estimate of drug-likeness (QED) is 0.393. The first-order chi connectivity index (χ1) is 12.2. The summed E-state index contributed by atoms with van der Waals surface area (Å²) >= 11 is 3.46. The average Bonchev–Trinajstić information content (AvgIpc) is 2.61. The highest BCUT2D eigenvalue weighted by molar-refractivity contribution is 9.09. The molecule has 0 aromatic heterocycles. The van der Waals surface area contributed by atoms with Crippen LogP contribution in [0.15, 0.2) is 35.9 Å². The standard InChI is InChI=1S/C20H21BrN2O3/c1-12(11-21)9-18-13(2)10-14(3)19(15(18)4)22-20(24)16-5-7-17(8-6-16)23(25)26/h5-10H,11H2,1-4H3,(H,22,24). The van der Waals surface area contributed by atoms with Crippen molar-refractivity contribution in [2.45, 2.75) is 27.7 Å². The summed E-state index contributed by atoms with van der Waals surface area (Å²) in [4.78, 5) is 22.8. The molecule has 0 aliphatic heterocycles. The number of benzene rings is 2. The fourth-order valence-electron chi connectivity index (χ4n) is 2.82. The Labute approximate surface area is 161 Å². The first-order valence-electron chi connectivity index (χ1n) is 8.14. The van der Waals surface area contributed by atoms with Gasteiger partial charge in [0.05, 0.1) is 4.92 Å². The first kappa shape index (κ1) is 19.8. The Kier molecular flexibility index (Phi) is 6.32. The van der Waals surface area contributed by atoms with Crippen molar-refractivity contribution in [3.05, 3.63) is 73.8 Å². The monoisotopic (exact) mass is 416 g/mol. The lowest BCUT2D eigenvalue weighted by atomic mass is 9.95. The van der Waals surface area contributed by atoms with Crippen molar-refractivity contribution in [3.8, 4) is 0 Å². The number of carbonyl (C=O) groups excluding carboxylic acids is 1. The summed E-state index contributed by atoms with van der Waals surface area (Å²) in [6.07, 6.45) is 2.11. The Morgan fingerprint density at radius 1 is 1.19 bits per heavy atom. The van der Waals surface area contributed by atoms with Crippen LogP contribution >= 0.6 is 15.9 Å². The van der Waals surface area contributed by atoms with Crippen LogP contribution in [-0.2, 0) is 0 Å². The zero-order chi connectivity index (χ0) is 19.4. The van der Waals surface area contributed by atoms with Gasteiger partial charge in [-0.1, -0.05) is 33.6 Å². The molecule has 136 valence electrons. The molecule has 1 N–H and O–H groups in total. The van der Waals surface area contributed by atoms with E-state index in [0.29, 0.717) is 5.56 Å². The normalized spacial score (nSPS) is 11.3. The van der Waals surface area contributed by atoms with Gasteiger partial charge in [0.1, 0.15) is 0 Å². The number of aryl methyl sites for hydroxylation is 2. The number of anilines is 1. The number of nitro groups is 1. The zero-order valence-corrected chi connectivity index (χ0v) is 16.8. The number of hydrogen-bond donors (Lipinski definition) is 1. The molecule has 2 rings (SSSR count). The molecule has 1 amide bonds. The van der Waals surface area contributed by atoms with Crippen molar-refractivity contribution < 1.29 is 9.72 Å². The van der Waals surface area contributed by atoms with Crippen molar-refractivity contribution in [2.24, 2.45) is 0 Å². The number of non-ortho nitro benzene ring substituents is 1. The molecule has 2 aromatic rings. The van der Waals surface area contributed by atoms with Gasteiger partial charge < -0.3 is 5.32 Å². The highest BCUT2D eigenvalue weighted by Crippen LogP contribution is 2.29. The summed E-state index contributed by atoms with van der Waals surface area (Å²) < 4.78 is 0. The van der Waals surface area contributed by atoms with E-state index in [-0.39, 0.29) is 11.6 Å². The molecule has 0 aliphatic rings. The van der Waals surface area contributed by atoms with Gasteiger partial charge in [-0.05, 0) is 62.1 Å². The fourth-order valence-corrected chi connectivity index (χ4v) is 2.98. The number of nitrogens with zero attached hydrogens (tertiary/aromatic N) is 1. The molecule has 26 heavy (non-hydrogen) atoms. The maximum Gasteiger partial charge on any atom is 0.269 e. The Hall–Kier alpha value is -2.47. The van der Waals surface area contributed by atoms with Gasteiger partial charge >= 0.3 is 0 Å². The lowest BCUT2D eigenvalue weighted by molar-refractivity contribution is -0.384. The second kappa shape index (κ2) is 8.27. The van der Waals surface area contributed by atoms with Gasteiger partial charge in [-0.25, -0.2) is 0 Å². The number of hydrogen-bond acceptors (Lipinski definition) is 3. The third-order valence-electron chi connectivity index (χ3n) is 4.21. The van der Waals surface area contributed by atoms with Gasteiger partial charge in [0.2, 0.25) is 0 Å². The molecule has 0 saturated heterocycles. The maximum absolute atomic E-state index is 12.6. The van der Waals surface area contributed by atoms with E-state index in [4.69, 9.17) is 0 Å². The van der Waals surface area contributed by atoms with E-state index >= 15 is 0 Å². The van der Waals surface area contributed by atoms with Crippen LogP contribution in [-0.4, -0.2) is 16.2 Å². The average molecular weight is 417 g/mol. The predicted molar refractivity (Wildman–Crippen MR) is 109 cm³/mol. The van der Waals surface area contributed by atoms with Crippen LogP contribution in [0, 0.1) is 30.9 Å². The van der Waals surface area contributed by atoms with Crippen LogP contribution in [0.2, 0.25) is 0 Å². The van der Waals surface area contributed by atoms with Crippen molar-refractivity contribution in [1.29, 1.82) is 0 Å². The molecular weight excluding hydrogens is 396 g/mol. The van der Waals surface area contributed by atoms with E-state index in [0.717, 1.165) is 33.3 Å². The molecule has 0 bridgehead atoms. The lowest BCUT2D eigenvalue weighted by Crippen LogP contribution is -2.14. The molecule has 0 atom stereocenters. The van der Waals surface area contributed by atoms with Crippen LogP contribution in [0.1, 0.15) is 39.5 Å². The summed E-state index contributed by atoms with van der Waals surface area (Å²) in [5.74, 6) is -0.290. The summed E-state index contributed by atoms with van der Waals surface area (Å²) in [5.41, 5.74) is 6.51. The van der Waals surface area contributed by atoms with E-state index in [1.807, 2.05) is 26.8 Å². The molecule has 0 fully saturated rings. The van der Waals surface area contributed by atoms with Gasteiger partial charge in [-0.15, -0.1) is 0 Å². The molecule has 0 radical (unpaired) electrons. The van der Waals surface area contributed by atoms with E-state index in [1.54, 1.807) is 0 Å². The Morgan fingerprint density at radius 3 is 2.35 bits per heavy atom. The Balaban J connectivity index is 2.38. The third-order valence-corrected chi connectivity index (χ3v) is 5.10. The van der Waals surface area contributed by atoms with Gasteiger partial charge in [0, 0.05) is 28.7 Å². The molecule has 0 heterocycles. The molecule has 2 aromatic carbocycles. The topological polar surface area (TPSA) is 72.2 Å².